The number of aromatic nitrogens is 2. The summed E-state index contributed by atoms with van der Waals surface area (Å²) >= 11 is 0. The largest absolute Gasteiger partial charge is 0.311 e. The van der Waals surface area contributed by atoms with Crippen molar-refractivity contribution in [1.82, 2.24) is 9.38 Å². The van der Waals surface area contributed by atoms with Crippen molar-refractivity contribution in [3.63, 3.8) is 0 Å². The highest BCUT2D eigenvalue weighted by Gasteiger charge is 2.18. The van der Waals surface area contributed by atoms with Crippen molar-refractivity contribution in [1.29, 1.82) is 0 Å². The number of pyridine rings is 1. The van der Waals surface area contributed by atoms with Crippen molar-refractivity contribution in [2.24, 2.45) is 0 Å². The minimum absolute atomic E-state index is 0.207. The van der Waals surface area contributed by atoms with Gasteiger partial charge < -0.3 is 9.30 Å². The number of aldehydes is 1. The molecule has 0 saturated heterocycles. The molecular formula is C16H13N3O2. The van der Waals surface area contributed by atoms with Crippen molar-refractivity contribution in [3.8, 4) is 0 Å². The van der Waals surface area contributed by atoms with Gasteiger partial charge in [-0.15, -0.1) is 0 Å². The summed E-state index contributed by atoms with van der Waals surface area (Å²) in [5.74, 6) is -0.207. The molecule has 2 aromatic heterocycles. The van der Waals surface area contributed by atoms with Crippen LogP contribution in [0, 0.1) is 0 Å². The van der Waals surface area contributed by atoms with Crippen LogP contribution in [0.2, 0.25) is 0 Å². The predicted molar refractivity (Wildman–Crippen MR) is 79.8 cm³/mol. The van der Waals surface area contributed by atoms with Gasteiger partial charge in [0, 0.05) is 31.2 Å². The van der Waals surface area contributed by atoms with Crippen LogP contribution in [0.3, 0.4) is 0 Å². The first kappa shape index (κ1) is 13.1. The van der Waals surface area contributed by atoms with E-state index in [4.69, 9.17) is 0 Å². The van der Waals surface area contributed by atoms with Crippen LogP contribution < -0.4 is 4.90 Å². The topological polar surface area (TPSA) is 54.7 Å². The number of hydrogen-bond acceptors (Lipinski definition) is 3. The van der Waals surface area contributed by atoms with Crippen LogP contribution in [-0.4, -0.2) is 28.6 Å². The van der Waals surface area contributed by atoms with Crippen LogP contribution in [0.25, 0.3) is 5.65 Å². The van der Waals surface area contributed by atoms with E-state index in [0.29, 0.717) is 22.5 Å². The van der Waals surface area contributed by atoms with Crippen molar-refractivity contribution in [2.45, 2.75) is 0 Å². The fourth-order valence-corrected chi connectivity index (χ4v) is 2.30. The average Bonchev–Trinajstić information content (AvgIpc) is 3.02. The maximum absolute atomic E-state index is 12.7. The van der Waals surface area contributed by atoms with Gasteiger partial charge in [0.25, 0.3) is 5.91 Å². The van der Waals surface area contributed by atoms with E-state index in [1.807, 2.05) is 6.20 Å². The molecule has 21 heavy (non-hydrogen) atoms. The lowest BCUT2D eigenvalue weighted by Crippen LogP contribution is -2.27. The van der Waals surface area contributed by atoms with Crippen molar-refractivity contribution >= 4 is 23.5 Å². The Morgan fingerprint density at radius 3 is 2.81 bits per heavy atom. The number of rotatable bonds is 3. The highest BCUT2D eigenvalue weighted by Crippen LogP contribution is 2.20. The molecule has 0 aliphatic carbocycles. The van der Waals surface area contributed by atoms with Crippen LogP contribution in [0.5, 0.6) is 0 Å². The lowest BCUT2D eigenvalue weighted by Gasteiger charge is -2.19. The zero-order valence-corrected chi connectivity index (χ0v) is 11.4. The Bertz CT molecular complexity index is 823. The number of benzene rings is 1. The molecule has 3 aromatic rings. The Labute approximate surface area is 121 Å². The fourth-order valence-electron chi connectivity index (χ4n) is 2.30. The van der Waals surface area contributed by atoms with Crippen LogP contribution >= 0.6 is 0 Å². The van der Waals surface area contributed by atoms with Crippen molar-refractivity contribution in [3.05, 3.63) is 66.1 Å². The van der Waals surface area contributed by atoms with E-state index in [2.05, 4.69) is 4.98 Å². The number of para-hydroxylation sites is 1. The van der Waals surface area contributed by atoms with Gasteiger partial charge in [0.1, 0.15) is 5.65 Å². The van der Waals surface area contributed by atoms with E-state index in [-0.39, 0.29) is 5.91 Å². The van der Waals surface area contributed by atoms with E-state index in [1.54, 1.807) is 60.2 Å². The summed E-state index contributed by atoms with van der Waals surface area (Å²) in [5.41, 5.74) is 2.14. The van der Waals surface area contributed by atoms with E-state index >= 15 is 0 Å². The quantitative estimate of drug-likeness (QED) is 0.692. The molecule has 0 spiro atoms. The normalized spacial score (nSPS) is 10.5. The number of amides is 1. The molecule has 0 unspecified atom stereocenters. The summed E-state index contributed by atoms with van der Waals surface area (Å²) in [7, 11) is 1.65. The van der Waals surface area contributed by atoms with Gasteiger partial charge in [-0.1, -0.05) is 12.1 Å². The molecule has 0 bridgehead atoms. The molecule has 0 saturated carbocycles. The van der Waals surface area contributed by atoms with E-state index < -0.39 is 0 Å². The summed E-state index contributed by atoms with van der Waals surface area (Å²) in [4.78, 5) is 29.5. The van der Waals surface area contributed by atoms with Crippen LogP contribution in [0.15, 0.2) is 55.0 Å². The number of carbonyl (C=O) groups excluding carboxylic acids is 2. The Hall–Kier alpha value is -2.95. The summed E-state index contributed by atoms with van der Waals surface area (Å²) in [5, 5.41) is 0. The Balaban J connectivity index is 2.05. The number of fused-ring (bicyclic) bond motifs is 1. The molecule has 0 fully saturated rings. The molecule has 1 amide bonds. The number of carbonyl (C=O) groups is 2. The number of hydrogen-bond donors (Lipinski definition) is 0. The Morgan fingerprint density at radius 2 is 2.00 bits per heavy atom. The second kappa shape index (κ2) is 5.20. The minimum Gasteiger partial charge on any atom is -0.311 e. The first-order chi connectivity index (χ1) is 10.2. The van der Waals surface area contributed by atoms with Gasteiger partial charge in [-0.25, -0.2) is 4.98 Å². The Kier molecular flexibility index (Phi) is 3.23. The summed E-state index contributed by atoms with van der Waals surface area (Å²) in [6.07, 6.45) is 6.00. The molecule has 2 heterocycles. The molecule has 5 nitrogen and oxygen atoms in total. The smallest absolute Gasteiger partial charge is 0.261 e. The third kappa shape index (κ3) is 2.18. The molecule has 0 aliphatic rings. The van der Waals surface area contributed by atoms with Gasteiger partial charge in [-0.05, 0) is 24.3 Å². The molecule has 1 aromatic carbocycles. The first-order valence-electron chi connectivity index (χ1n) is 6.46. The number of anilines is 1. The average molecular weight is 279 g/mol. The molecule has 3 rings (SSSR count). The molecule has 0 aliphatic heterocycles. The summed E-state index contributed by atoms with van der Waals surface area (Å²) in [6.45, 7) is 0. The maximum atomic E-state index is 12.7. The van der Waals surface area contributed by atoms with Gasteiger partial charge in [0.05, 0.1) is 11.3 Å². The van der Waals surface area contributed by atoms with Crippen molar-refractivity contribution in [2.75, 3.05) is 11.9 Å². The third-order valence-electron chi connectivity index (χ3n) is 3.38. The zero-order chi connectivity index (χ0) is 14.8. The van der Waals surface area contributed by atoms with Crippen LogP contribution in [-0.2, 0) is 0 Å². The summed E-state index contributed by atoms with van der Waals surface area (Å²) in [6, 6.07) is 10.5. The van der Waals surface area contributed by atoms with Crippen LogP contribution in [0.1, 0.15) is 20.7 Å². The van der Waals surface area contributed by atoms with Crippen LogP contribution in [0.4, 0.5) is 5.69 Å². The fraction of sp³-hybridized carbons (Fsp3) is 0.0625. The molecule has 0 radical (unpaired) electrons. The SMILES string of the molecule is CN(C(=O)c1cccn2ccnc12)c1ccccc1C=O. The van der Waals surface area contributed by atoms with Gasteiger partial charge in [-0.2, -0.15) is 0 Å². The van der Waals surface area contributed by atoms with E-state index in [1.165, 1.54) is 4.90 Å². The van der Waals surface area contributed by atoms with Crippen molar-refractivity contribution < 1.29 is 9.59 Å². The molecular weight excluding hydrogens is 266 g/mol. The van der Waals surface area contributed by atoms with Gasteiger partial charge in [0.15, 0.2) is 6.29 Å². The standard InChI is InChI=1S/C16H13N3O2/c1-18(14-7-3-2-5-12(14)11-20)16(21)13-6-4-9-19-10-8-17-15(13)19/h2-11H,1H3. The van der Waals surface area contributed by atoms with Gasteiger partial charge in [0.2, 0.25) is 0 Å². The lowest BCUT2D eigenvalue weighted by atomic mass is 10.1. The molecule has 0 atom stereocenters. The van der Waals surface area contributed by atoms with Gasteiger partial charge in [-0.3, -0.25) is 9.59 Å². The number of nitrogens with zero attached hydrogens (tertiary/aromatic N) is 3. The third-order valence-corrected chi connectivity index (χ3v) is 3.38. The molecule has 0 N–H and O–H groups in total. The molecule has 104 valence electrons. The van der Waals surface area contributed by atoms with E-state index in [9.17, 15) is 9.59 Å². The number of imidazole rings is 1. The minimum atomic E-state index is -0.207. The highest BCUT2D eigenvalue weighted by atomic mass is 16.2. The second-order valence-corrected chi connectivity index (χ2v) is 4.62. The monoisotopic (exact) mass is 279 g/mol. The zero-order valence-electron chi connectivity index (χ0n) is 11.4. The molecule has 5 heteroatoms. The second-order valence-electron chi connectivity index (χ2n) is 4.62. The summed E-state index contributed by atoms with van der Waals surface area (Å²) < 4.78 is 1.78. The maximum Gasteiger partial charge on any atom is 0.261 e. The Morgan fingerprint density at radius 1 is 1.19 bits per heavy atom. The predicted octanol–water partition coefficient (Wildman–Crippen LogP) is 2.42. The highest BCUT2D eigenvalue weighted by molar-refractivity contribution is 6.11. The van der Waals surface area contributed by atoms with E-state index in [0.717, 1.165) is 6.29 Å². The van der Waals surface area contributed by atoms with Gasteiger partial charge >= 0.3 is 0 Å². The lowest BCUT2D eigenvalue weighted by molar-refractivity contribution is 0.0994. The first-order valence-corrected chi connectivity index (χ1v) is 6.46.